The summed E-state index contributed by atoms with van der Waals surface area (Å²) in [5.74, 6) is -0.873. The number of allylic oxidation sites excluding steroid dienone is 10. The van der Waals surface area contributed by atoms with Crippen LogP contribution in [-0.4, -0.2) is 37.2 Å². The van der Waals surface area contributed by atoms with Gasteiger partial charge in [0, 0.05) is 19.3 Å². The van der Waals surface area contributed by atoms with Gasteiger partial charge in [-0.05, 0) is 109 Å². The minimum atomic E-state index is -0.783. The summed E-state index contributed by atoms with van der Waals surface area (Å²) in [6.07, 6.45) is 86.6. The first kappa shape index (κ1) is 76.1. The Bertz CT molecular complexity index is 1410. The van der Waals surface area contributed by atoms with Crippen LogP contribution in [-0.2, 0) is 28.6 Å². The van der Waals surface area contributed by atoms with Crippen LogP contribution in [0.1, 0.15) is 367 Å². The third-order valence-electron chi connectivity index (χ3n) is 15.5. The summed E-state index contributed by atoms with van der Waals surface area (Å²) in [5.41, 5.74) is 0. The van der Waals surface area contributed by atoms with Gasteiger partial charge in [-0.15, -0.1) is 0 Å². The Balaban J connectivity index is 4.38. The molecular weight excluding hydrogens is 973 g/mol. The zero-order valence-corrected chi connectivity index (χ0v) is 52.9. The maximum atomic E-state index is 13.0. The number of hydrogen-bond donors (Lipinski definition) is 0. The van der Waals surface area contributed by atoms with Gasteiger partial charge in [-0.25, -0.2) is 0 Å². The SMILES string of the molecule is CCCCCCC/C=C\C/C=C\C/C=C\CCCCCCCCC(=O)OCC(COC(=O)CCCCCCCCCCC/C=C\CCCCCCCC)OC(=O)CCCCCCCCCCC/C=C\CCCCCCCCCC. The molecule has 1 unspecified atom stereocenters. The van der Waals surface area contributed by atoms with Crippen molar-refractivity contribution < 1.29 is 28.6 Å². The summed E-state index contributed by atoms with van der Waals surface area (Å²) in [7, 11) is 0. The normalized spacial score (nSPS) is 12.4. The maximum Gasteiger partial charge on any atom is 0.306 e. The lowest BCUT2D eigenvalue weighted by molar-refractivity contribution is -0.167. The highest BCUT2D eigenvalue weighted by molar-refractivity contribution is 5.71. The van der Waals surface area contributed by atoms with E-state index in [1.165, 1.54) is 250 Å². The number of rotatable bonds is 64. The lowest BCUT2D eigenvalue weighted by atomic mass is 10.1. The molecule has 460 valence electrons. The fraction of sp³-hybridized carbons (Fsp3) is 0.822. The molecule has 79 heavy (non-hydrogen) atoms. The third kappa shape index (κ3) is 65.8. The molecule has 6 heteroatoms. The molecule has 0 saturated heterocycles. The molecule has 0 spiro atoms. The van der Waals surface area contributed by atoms with E-state index in [4.69, 9.17) is 14.2 Å². The molecule has 0 fully saturated rings. The summed E-state index contributed by atoms with van der Waals surface area (Å²) in [6.45, 7) is 6.67. The van der Waals surface area contributed by atoms with Crippen molar-refractivity contribution in [3.8, 4) is 0 Å². The minimum Gasteiger partial charge on any atom is -0.462 e. The summed E-state index contributed by atoms with van der Waals surface area (Å²) in [5, 5.41) is 0. The summed E-state index contributed by atoms with van der Waals surface area (Å²) >= 11 is 0. The predicted octanol–water partition coefficient (Wildman–Crippen LogP) is 23.9. The van der Waals surface area contributed by atoms with Crippen LogP contribution in [0.5, 0.6) is 0 Å². The van der Waals surface area contributed by atoms with Gasteiger partial charge in [0.25, 0.3) is 0 Å². The van der Waals surface area contributed by atoms with Crippen LogP contribution < -0.4 is 0 Å². The number of unbranched alkanes of at least 4 members (excludes halogenated alkanes) is 43. The molecular formula is C73H132O6. The zero-order chi connectivity index (χ0) is 57.1. The second-order valence-electron chi connectivity index (χ2n) is 23.4. The standard InChI is InChI=1S/C73H132O6/c1-4-7-10-13-16-19-22-25-28-31-34-36-39-42-45-48-51-54-57-60-63-66-72(75)78-69-70(68-77-71(74)65-62-59-56-53-50-47-44-41-38-33-30-27-24-21-18-15-12-9-6-3)79-73(76)67-64-61-58-55-52-49-46-43-40-37-35-32-29-26-23-20-17-14-11-8-5-2/h22,25,27,30-32,34-35,39,42,70H,4-21,23-24,26,28-29,33,36-38,40-41,43-69H2,1-3H3/b25-22-,30-27-,34-31-,35-32-,42-39-. The number of carbonyl (C=O) groups excluding carboxylic acids is 3. The molecule has 0 heterocycles. The van der Waals surface area contributed by atoms with Crippen molar-refractivity contribution in [2.24, 2.45) is 0 Å². The smallest absolute Gasteiger partial charge is 0.306 e. The van der Waals surface area contributed by atoms with Crippen molar-refractivity contribution >= 4 is 17.9 Å². The fourth-order valence-electron chi connectivity index (χ4n) is 10.2. The fourth-order valence-corrected chi connectivity index (χ4v) is 10.2. The Morgan fingerprint density at radius 2 is 0.456 bits per heavy atom. The van der Waals surface area contributed by atoms with Crippen molar-refractivity contribution in [1.82, 2.24) is 0 Å². The number of carbonyl (C=O) groups is 3. The molecule has 0 N–H and O–H groups in total. The second kappa shape index (κ2) is 67.6. The number of esters is 3. The first-order valence-electron chi connectivity index (χ1n) is 34.8. The summed E-state index contributed by atoms with van der Waals surface area (Å²) < 4.78 is 17.0. The topological polar surface area (TPSA) is 78.9 Å². The molecule has 1 atom stereocenters. The Labute approximate surface area is 491 Å². The van der Waals surface area contributed by atoms with Crippen LogP contribution in [0, 0.1) is 0 Å². The quantitative estimate of drug-likeness (QED) is 0.0261. The Morgan fingerprint density at radius 3 is 0.722 bits per heavy atom. The molecule has 0 amide bonds. The van der Waals surface area contributed by atoms with Gasteiger partial charge in [-0.1, -0.05) is 300 Å². The summed E-state index contributed by atoms with van der Waals surface area (Å²) in [4.78, 5) is 38.5. The first-order chi connectivity index (χ1) is 39.0. The van der Waals surface area contributed by atoms with Crippen LogP contribution >= 0.6 is 0 Å². The van der Waals surface area contributed by atoms with Crippen molar-refractivity contribution in [2.45, 2.75) is 374 Å². The highest BCUT2D eigenvalue weighted by Gasteiger charge is 2.19. The van der Waals surface area contributed by atoms with Gasteiger partial charge < -0.3 is 14.2 Å². The van der Waals surface area contributed by atoms with Gasteiger partial charge in [0.2, 0.25) is 0 Å². The molecule has 0 aliphatic carbocycles. The summed E-state index contributed by atoms with van der Waals surface area (Å²) in [6, 6.07) is 0. The molecule has 0 aromatic carbocycles. The van der Waals surface area contributed by atoms with E-state index in [2.05, 4.69) is 81.5 Å². The van der Waals surface area contributed by atoms with E-state index in [9.17, 15) is 14.4 Å². The van der Waals surface area contributed by atoms with Crippen molar-refractivity contribution in [2.75, 3.05) is 13.2 Å². The van der Waals surface area contributed by atoms with E-state index in [0.717, 1.165) is 77.0 Å². The molecule has 0 rings (SSSR count). The van der Waals surface area contributed by atoms with Crippen molar-refractivity contribution in [1.29, 1.82) is 0 Å². The van der Waals surface area contributed by atoms with Crippen LogP contribution in [0.4, 0.5) is 0 Å². The van der Waals surface area contributed by atoms with Crippen LogP contribution in [0.3, 0.4) is 0 Å². The zero-order valence-electron chi connectivity index (χ0n) is 52.9. The average Bonchev–Trinajstić information content (AvgIpc) is 3.45. The third-order valence-corrected chi connectivity index (χ3v) is 15.5. The van der Waals surface area contributed by atoms with E-state index < -0.39 is 6.10 Å². The number of hydrogen-bond acceptors (Lipinski definition) is 6. The molecule has 0 aromatic rings. The van der Waals surface area contributed by atoms with Gasteiger partial charge in [0.15, 0.2) is 6.10 Å². The molecule has 0 bridgehead atoms. The maximum absolute atomic E-state index is 13.0. The molecule has 0 aliphatic heterocycles. The first-order valence-corrected chi connectivity index (χ1v) is 34.8. The molecule has 0 aromatic heterocycles. The van der Waals surface area contributed by atoms with Crippen molar-refractivity contribution in [3.63, 3.8) is 0 Å². The Hall–Kier alpha value is -2.89. The van der Waals surface area contributed by atoms with E-state index in [1.54, 1.807) is 0 Å². The van der Waals surface area contributed by atoms with Crippen LogP contribution in [0.15, 0.2) is 60.8 Å². The minimum absolute atomic E-state index is 0.0782. The molecule has 0 saturated carbocycles. The van der Waals surface area contributed by atoms with Gasteiger partial charge >= 0.3 is 17.9 Å². The molecule has 0 radical (unpaired) electrons. The highest BCUT2D eigenvalue weighted by Crippen LogP contribution is 2.17. The second-order valence-corrected chi connectivity index (χ2v) is 23.4. The van der Waals surface area contributed by atoms with Gasteiger partial charge in [-0.2, -0.15) is 0 Å². The van der Waals surface area contributed by atoms with Gasteiger partial charge in [-0.3, -0.25) is 14.4 Å². The van der Waals surface area contributed by atoms with Crippen LogP contribution in [0.25, 0.3) is 0 Å². The van der Waals surface area contributed by atoms with E-state index in [1.807, 2.05) is 0 Å². The lowest BCUT2D eigenvalue weighted by Crippen LogP contribution is -2.30. The van der Waals surface area contributed by atoms with Crippen molar-refractivity contribution in [3.05, 3.63) is 60.8 Å². The van der Waals surface area contributed by atoms with Gasteiger partial charge in [0.05, 0.1) is 0 Å². The monoisotopic (exact) mass is 1110 g/mol. The highest BCUT2D eigenvalue weighted by atomic mass is 16.6. The number of ether oxygens (including phenoxy) is 3. The van der Waals surface area contributed by atoms with Crippen LogP contribution in [0.2, 0.25) is 0 Å². The Kier molecular flexibility index (Phi) is 65.1. The molecule has 0 aliphatic rings. The Morgan fingerprint density at radius 1 is 0.253 bits per heavy atom. The predicted molar refractivity (Wildman–Crippen MR) is 344 cm³/mol. The lowest BCUT2D eigenvalue weighted by Gasteiger charge is -2.18. The molecule has 6 nitrogen and oxygen atoms in total. The van der Waals surface area contributed by atoms with E-state index in [-0.39, 0.29) is 31.1 Å². The van der Waals surface area contributed by atoms with E-state index in [0.29, 0.717) is 19.3 Å². The van der Waals surface area contributed by atoms with Gasteiger partial charge in [0.1, 0.15) is 13.2 Å². The largest absolute Gasteiger partial charge is 0.462 e. The average molecular weight is 1110 g/mol. The van der Waals surface area contributed by atoms with E-state index >= 15 is 0 Å².